The molecule has 1 amide bonds. The number of carbonyl (C=O) groups is 1. The first kappa shape index (κ1) is 19.2. The molecule has 1 saturated heterocycles. The van der Waals surface area contributed by atoms with Crippen LogP contribution in [0.15, 0.2) is 35.8 Å². The largest absolute Gasteiger partial charge is 0.366 e. The van der Waals surface area contributed by atoms with Gasteiger partial charge in [0.1, 0.15) is 4.32 Å². The third kappa shape index (κ3) is 3.35. The highest BCUT2D eigenvalue weighted by Crippen LogP contribution is 2.44. The van der Waals surface area contributed by atoms with E-state index in [0.29, 0.717) is 21.7 Å². The van der Waals surface area contributed by atoms with E-state index in [0.717, 1.165) is 18.5 Å². The Labute approximate surface area is 166 Å². The molecular formula is C21H26N2OS2. The molecule has 5 heteroatoms. The zero-order valence-corrected chi connectivity index (χ0v) is 17.5. The lowest BCUT2D eigenvalue weighted by atomic mass is 9.79. The summed E-state index contributed by atoms with van der Waals surface area (Å²) in [7, 11) is 0. The quantitative estimate of drug-likeness (QED) is 0.404. The summed E-state index contributed by atoms with van der Waals surface area (Å²) in [6, 6.07) is 6.54. The Kier molecular flexibility index (Phi) is 5.31. The molecule has 0 N–H and O–H groups in total. The molecule has 1 aromatic rings. The van der Waals surface area contributed by atoms with Gasteiger partial charge < -0.3 is 4.90 Å². The predicted molar refractivity (Wildman–Crippen MR) is 117 cm³/mol. The Morgan fingerprint density at radius 1 is 1.42 bits per heavy atom. The van der Waals surface area contributed by atoms with Crippen molar-refractivity contribution < 1.29 is 4.79 Å². The van der Waals surface area contributed by atoms with Gasteiger partial charge in [0.05, 0.1) is 4.91 Å². The van der Waals surface area contributed by atoms with Crippen LogP contribution in [0.5, 0.6) is 0 Å². The van der Waals surface area contributed by atoms with Crippen LogP contribution < -0.4 is 4.90 Å². The van der Waals surface area contributed by atoms with Gasteiger partial charge >= 0.3 is 0 Å². The topological polar surface area (TPSA) is 23.6 Å². The molecule has 26 heavy (non-hydrogen) atoms. The van der Waals surface area contributed by atoms with E-state index in [1.165, 1.54) is 23.0 Å². The number of amides is 1. The second kappa shape index (κ2) is 7.20. The van der Waals surface area contributed by atoms with E-state index in [9.17, 15) is 4.79 Å². The summed E-state index contributed by atoms with van der Waals surface area (Å²) in [5, 5.41) is 0. The molecule has 3 nitrogen and oxygen atoms in total. The fourth-order valence-corrected chi connectivity index (χ4v) is 5.41. The van der Waals surface area contributed by atoms with E-state index in [2.05, 4.69) is 57.4 Å². The number of hydrogen-bond donors (Lipinski definition) is 0. The summed E-state index contributed by atoms with van der Waals surface area (Å²) in [6.45, 7) is 14.3. The minimum atomic E-state index is -0.0259. The van der Waals surface area contributed by atoms with E-state index in [1.54, 1.807) is 11.0 Å². The Morgan fingerprint density at radius 3 is 2.81 bits per heavy atom. The fourth-order valence-electron chi connectivity index (χ4n) is 4.14. The Balaban J connectivity index is 1.95. The molecule has 138 valence electrons. The highest BCUT2D eigenvalue weighted by Gasteiger charge is 2.35. The predicted octanol–water partition coefficient (Wildman–Crippen LogP) is 5.19. The van der Waals surface area contributed by atoms with E-state index >= 15 is 0 Å². The zero-order valence-electron chi connectivity index (χ0n) is 15.9. The molecule has 0 saturated carbocycles. The van der Waals surface area contributed by atoms with Gasteiger partial charge in [0.15, 0.2) is 0 Å². The average Bonchev–Trinajstić information content (AvgIpc) is 2.83. The van der Waals surface area contributed by atoms with E-state index in [4.69, 9.17) is 12.2 Å². The SMILES string of the molecule is C=CCN1C(=O)/C(=C/c2ccc3c(c2)C(C)CC(C)(C)N3CC)SC1=S. The van der Waals surface area contributed by atoms with Crippen LogP contribution >= 0.6 is 24.0 Å². The van der Waals surface area contributed by atoms with Crippen LogP contribution in [0.1, 0.15) is 51.2 Å². The molecule has 0 radical (unpaired) electrons. The highest BCUT2D eigenvalue weighted by atomic mass is 32.2. The molecule has 1 aromatic carbocycles. The van der Waals surface area contributed by atoms with Crippen LogP contribution in [0, 0.1) is 0 Å². The number of hydrogen-bond acceptors (Lipinski definition) is 4. The number of benzene rings is 1. The van der Waals surface area contributed by atoms with Crippen molar-refractivity contribution in [3.63, 3.8) is 0 Å². The molecule has 0 bridgehead atoms. The number of carbonyl (C=O) groups excluding carboxylic acids is 1. The summed E-state index contributed by atoms with van der Waals surface area (Å²) in [4.78, 5) is 17.3. The van der Waals surface area contributed by atoms with Gasteiger partial charge in [-0.2, -0.15) is 0 Å². The molecule has 2 aliphatic rings. The summed E-state index contributed by atoms with van der Waals surface area (Å²) in [5.74, 6) is 0.466. The lowest BCUT2D eigenvalue weighted by Crippen LogP contribution is -2.48. The summed E-state index contributed by atoms with van der Waals surface area (Å²) >= 11 is 6.69. The molecule has 1 unspecified atom stereocenters. The van der Waals surface area contributed by atoms with Crippen molar-refractivity contribution in [1.82, 2.24) is 4.90 Å². The summed E-state index contributed by atoms with van der Waals surface area (Å²) < 4.78 is 0.603. The molecule has 3 rings (SSSR count). The number of anilines is 1. The maximum absolute atomic E-state index is 12.5. The molecule has 1 atom stereocenters. The molecule has 2 aliphatic heterocycles. The van der Waals surface area contributed by atoms with Gasteiger partial charge in [0.2, 0.25) is 0 Å². The number of fused-ring (bicyclic) bond motifs is 1. The first-order valence-corrected chi connectivity index (χ1v) is 10.3. The minimum absolute atomic E-state index is 0.0259. The van der Waals surface area contributed by atoms with Crippen LogP contribution in [0.3, 0.4) is 0 Å². The van der Waals surface area contributed by atoms with Crippen molar-refractivity contribution in [2.45, 2.75) is 45.6 Å². The minimum Gasteiger partial charge on any atom is -0.366 e. The van der Waals surface area contributed by atoms with Crippen molar-refractivity contribution in [1.29, 1.82) is 0 Å². The Hall–Kier alpha value is -1.59. The maximum Gasteiger partial charge on any atom is 0.266 e. The zero-order chi connectivity index (χ0) is 19.1. The van der Waals surface area contributed by atoms with Crippen LogP contribution in [0.4, 0.5) is 5.69 Å². The third-order valence-electron chi connectivity index (χ3n) is 5.21. The van der Waals surface area contributed by atoms with E-state index in [1.807, 2.05) is 6.08 Å². The van der Waals surface area contributed by atoms with E-state index < -0.39 is 0 Å². The molecule has 1 fully saturated rings. The number of rotatable bonds is 4. The average molecular weight is 387 g/mol. The lowest BCUT2D eigenvalue weighted by molar-refractivity contribution is -0.121. The first-order chi connectivity index (χ1) is 12.3. The van der Waals surface area contributed by atoms with Crippen molar-refractivity contribution in [2.75, 3.05) is 18.0 Å². The monoisotopic (exact) mass is 386 g/mol. The first-order valence-electron chi connectivity index (χ1n) is 9.06. The Bertz CT molecular complexity index is 797. The van der Waals surface area contributed by atoms with Gasteiger partial charge in [-0.1, -0.05) is 43.0 Å². The van der Waals surface area contributed by atoms with Crippen molar-refractivity contribution >= 4 is 46.0 Å². The van der Waals surface area contributed by atoms with Crippen LogP contribution in [0.2, 0.25) is 0 Å². The van der Waals surface area contributed by atoms with Crippen molar-refractivity contribution in [2.24, 2.45) is 0 Å². The standard InChI is InChI=1S/C21H26N2OS2/c1-6-10-22-19(24)18(26-20(22)25)12-15-8-9-17-16(11-15)14(3)13-21(4,5)23(17)7-2/h6,8-9,11-12,14H,1,7,10,13H2,2-5H3/b18-12-. The molecule has 0 spiro atoms. The molecule has 0 aliphatic carbocycles. The second-order valence-electron chi connectivity index (χ2n) is 7.56. The Morgan fingerprint density at radius 2 is 2.15 bits per heavy atom. The molecule has 2 heterocycles. The van der Waals surface area contributed by atoms with Gasteiger partial charge in [-0.15, -0.1) is 6.58 Å². The maximum atomic E-state index is 12.5. The molecular weight excluding hydrogens is 360 g/mol. The third-order valence-corrected chi connectivity index (χ3v) is 6.59. The van der Waals surface area contributed by atoms with Crippen LogP contribution in [-0.2, 0) is 4.79 Å². The second-order valence-corrected chi connectivity index (χ2v) is 9.24. The van der Waals surface area contributed by atoms with Gasteiger partial charge in [0.25, 0.3) is 5.91 Å². The van der Waals surface area contributed by atoms with Gasteiger partial charge in [-0.05, 0) is 62.4 Å². The highest BCUT2D eigenvalue weighted by molar-refractivity contribution is 8.26. The summed E-state index contributed by atoms with van der Waals surface area (Å²) in [5.41, 5.74) is 3.90. The van der Waals surface area contributed by atoms with Crippen molar-refractivity contribution in [3.05, 3.63) is 46.9 Å². The number of nitrogens with zero attached hydrogens (tertiary/aromatic N) is 2. The van der Waals surface area contributed by atoms with Gasteiger partial charge in [-0.25, -0.2) is 0 Å². The van der Waals surface area contributed by atoms with E-state index in [-0.39, 0.29) is 11.4 Å². The summed E-state index contributed by atoms with van der Waals surface area (Å²) in [6.07, 6.45) is 4.79. The van der Waals surface area contributed by atoms with Crippen molar-refractivity contribution in [3.8, 4) is 0 Å². The number of thioether (sulfide) groups is 1. The normalized spacial score (nSPS) is 23.5. The number of thiocarbonyl (C=S) groups is 1. The van der Waals surface area contributed by atoms with Gasteiger partial charge in [0, 0.05) is 24.3 Å². The lowest BCUT2D eigenvalue weighted by Gasteiger charge is -2.47. The van der Waals surface area contributed by atoms with Gasteiger partial charge in [-0.3, -0.25) is 9.69 Å². The van der Waals surface area contributed by atoms with Crippen LogP contribution in [-0.4, -0.2) is 33.8 Å². The smallest absolute Gasteiger partial charge is 0.266 e. The fraction of sp³-hybridized carbons (Fsp3) is 0.429. The van der Waals surface area contributed by atoms with Crippen LogP contribution in [0.25, 0.3) is 6.08 Å². The molecule has 0 aromatic heterocycles.